The van der Waals surface area contributed by atoms with E-state index in [0.717, 1.165) is 21.5 Å². The number of pyridine rings is 1. The molecule has 1 aliphatic rings. The van der Waals surface area contributed by atoms with Gasteiger partial charge in [-0.2, -0.15) is 5.10 Å². The number of amides is 1. The lowest BCUT2D eigenvalue weighted by Crippen LogP contribution is -2.42. The zero-order valence-electron chi connectivity index (χ0n) is 16.3. The number of fused-ring (bicyclic) bond motifs is 2. The number of carbonyl (C=O) groups is 1. The molecule has 9 nitrogen and oxygen atoms in total. The van der Waals surface area contributed by atoms with E-state index in [9.17, 15) is 13.6 Å². The van der Waals surface area contributed by atoms with E-state index < -0.39 is 24.2 Å². The van der Waals surface area contributed by atoms with Crippen LogP contribution >= 0.6 is 0 Å². The van der Waals surface area contributed by atoms with Crippen LogP contribution in [0.25, 0.3) is 5.52 Å². The molecule has 1 aliphatic heterocycles. The molecule has 0 aliphatic carbocycles. The summed E-state index contributed by atoms with van der Waals surface area (Å²) >= 11 is 0. The lowest BCUT2D eigenvalue weighted by molar-refractivity contribution is 0.0669. The van der Waals surface area contributed by atoms with Crippen LogP contribution in [0.15, 0.2) is 30.7 Å². The minimum Gasteiger partial charge on any atom is -0.348 e. The van der Waals surface area contributed by atoms with Crippen LogP contribution in [-0.4, -0.2) is 51.7 Å². The average Bonchev–Trinajstić information content (AvgIpc) is 3.44. The number of nitrogens with zero attached hydrogens (tertiary/aromatic N) is 7. The molecular weight excluding hydrogens is 394 g/mol. The van der Waals surface area contributed by atoms with Crippen LogP contribution in [0.1, 0.15) is 51.6 Å². The van der Waals surface area contributed by atoms with Crippen molar-refractivity contribution in [2.24, 2.45) is 7.05 Å². The summed E-state index contributed by atoms with van der Waals surface area (Å²) in [5.74, 6) is -1.31. The molecule has 4 aromatic rings. The Morgan fingerprint density at radius 3 is 2.90 bits per heavy atom. The van der Waals surface area contributed by atoms with Crippen molar-refractivity contribution in [3.63, 3.8) is 0 Å². The van der Waals surface area contributed by atoms with Crippen LogP contribution in [0, 0.1) is 6.92 Å². The van der Waals surface area contributed by atoms with E-state index in [2.05, 4.69) is 25.1 Å². The monoisotopic (exact) mass is 412 g/mol. The van der Waals surface area contributed by atoms with Crippen molar-refractivity contribution in [2.45, 2.75) is 25.8 Å². The highest BCUT2D eigenvalue weighted by atomic mass is 19.3. The van der Waals surface area contributed by atoms with Gasteiger partial charge in [0, 0.05) is 31.9 Å². The van der Waals surface area contributed by atoms with Gasteiger partial charge in [0.2, 0.25) is 11.6 Å². The Bertz CT molecular complexity index is 1260. The van der Waals surface area contributed by atoms with Gasteiger partial charge in [0.15, 0.2) is 0 Å². The number of rotatable bonds is 3. The number of aromatic amines is 1. The largest absolute Gasteiger partial charge is 0.348 e. The number of imidazole rings is 1. The van der Waals surface area contributed by atoms with Crippen molar-refractivity contribution in [3.05, 3.63) is 65.0 Å². The summed E-state index contributed by atoms with van der Waals surface area (Å²) in [5.41, 5.74) is 4.21. The molecule has 154 valence electrons. The van der Waals surface area contributed by atoms with E-state index in [0.29, 0.717) is 24.4 Å². The highest BCUT2D eigenvalue weighted by molar-refractivity contribution is 5.91. The Morgan fingerprint density at radius 1 is 1.33 bits per heavy atom. The van der Waals surface area contributed by atoms with Crippen LogP contribution in [-0.2, 0) is 13.5 Å². The Kier molecular flexibility index (Phi) is 4.12. The van der Waals surface area contributed by atoms with Crippen LogP contribution in [0.3, 0.4) is 0 Å². The number of aromatic nitrogens is 7. The van der Waals surface area contributed by atoms with Crippen molar-refractivity contribution < 1.29 is 13.6 Å². The molecule has 5 rings (SSSR count). The van der Waals surface area contributed by atoms with Gasteiger partial charge in [-0.05, 0) is 24.6 Å². The second kappa shape index (κ2) is 6.71. The lowest BCUT2D eigenvalue weighted by atomic mass is 9.99. The van der Waals surface area contributed by atoms with E-state index in [1.807, 2.05) is 31.3 Å². The van der Waals surface area contributed by atoms with Crippen molar-refractivity contribution in [3.8, 4) is 0 Å². The van der Waals surface area contributed by atoms with E-state index >= 15 is 0 Å². The number of hydrogen-bond acceptors (Lipinski definition) is 5. The smallest absolute Gasteiger partial charge is 0.299 e. The standard InChI is InChI=1S/C19H18F2N8O/c1-10-4-3-6-29-13(10)8-12(25-29)15-14-11(22-9-23-14)5-7-28(15)19(30)18-24-17(16(20)21)26-27(18)2/h3-4,6,8-9,15-16H,5,7H2,1-2H3,(H,22,23)/t15-/m1/s1. The van der Waals surface area contributed by atoms with E-state index in [-0.39, 0.29) is 5.82 Å². The molecule has 30 heavy (non-hydrogen) atoms. The molecule has 4 aromatic heterocycles. The molecule has 0 radical (unpaired) electrons. The van der Waals surface area contributed by atoms with Crippen molar-refractivity contribution in [2.75, 3.05) is 6.54 Å². The zero-order valence-corrected chi connectivity index (χ0v) is 16.3. The van der Waals surface area contributed by atoms with Gasteiger partial charge in [0.25, 0.3) is 12.3 Å². The number of hydrogen-bond donors (Lipinski definition) is 1. The number of H-pyrrole nitrogens is 1. The quantitative estimate of drug-likeness (QED) is 0.557. The van der Waals surface area contributed by atoms with Gasteiger partial charge in [-0.1, -0.05) is 6.07 Å². The van der Waals surface area contributed by atoms with E-state index in [4.69, 9.17) is 0 Å². The first kappa shape index (κ1) is 18.4. The molecule has 0 fully saturated rings. The normalized spacial score (nSPS) is 16.4. The van der Waals surface area contributed by atoms with Gasteiger partial charge < -0.3 is 9.88 Å². The van der Waals surface area contributed by atoms with Gasteiger partial charge in [-0.15, -0.1) is 5.10 Å². The number of carbonyl (C=O) groups excluding carboxylic acids is 1. The predicted molar refractivity (Wildman–Crippen MR) is 101 cm³/mol. The maximum atomic E-state index is 13.3. The summed E-state index contributed by atoms with van der Waals surface area (Å²) in [6.07, 6.45) is 1.13. The van der Waals surface area contributed by atoms with E-state index in [1.54, 1.807) is 15.7 Å². The molecular formula is C19H18F2N8O. The third kappa shape index (κ3) is 2.77. The highest BCUT2D eigenvalue weighted by Crippen LogP contribution is 2.34. The van der Waals surface area contributed by atoms with E-state index in [1.165, 1.54) is 7.05 Å². The highest BCUT2D eigenvalue weighted by Gasteiger charge is 2.38. The Morgan fingerprint density at radius 2 is 2.17 bits per heavy atom. The number of aryl methyl sites for hydroxylation is 2. The Hall–Kier alpha value is -3.63. The molecule has 1 amide bonds. The van der Waals surface area contributed by atoms with Gasteiger partial charge in [-0.25, -0.2) is 27.9 Å². The minimum absolute atomic E-state index is 0.144. The summed E-state index contributed by atoms with van der Waals surface area (Å²) in [5, 5.41) is 8.33. The molecule has 0 spiro atoms. The molecule has 1 atom stereocenters. The first-order chi connectivity index (χ1) is 14.4. The zero-order chi connectivity index (χ0) is 21.0. The fourth-order valence-corrected chi connectivity index (χ4v) is 3.92. The van der Waals surface area contributed by atoms with Gasteiger partial charge in [-0.3, -0.25) is 4.79 Å². The molecule has 11 heteroatoms. The Labute approximate surface area is 169 Å². The summed E-state index contributed by atoms with van der Waals surface area (Å²) in [4.78, 5) is 26.2. The number of nitrogens with one attached hydrogen (secondary N) is 1. The van der Waals surface area contributed by atoms with Crippen LogP contribution in [0.5, 0.6) is 0 Å². The maximum absolute atomic E-state index is 13.3. The molecule has 0 bridgehead atoms. The molecule has 5 heterocycles. The minimum atomic E-state index is -2.85. The predicted octanol–water partition coefficient (Wildman–Crippen LogP) is 2.22. The van der Waals surface area contributed by atoms with Crippen molar-refractivity contribution >= 4 is 11.4 Å². The lowest BCUT2D eigenvalue weighted by Gasteiger charge is -2.33. The number of alkyl halides is 2. The first-order valence-corrected chi connectivity index (χ1v) is 9.41. The third-order valence-electron chi connectivity index (χ3n) is 5.36. The molecule has 0 saturated heterocycles. The summed E-state index contributed by atoms with van der Waals surface area (Å²) in [7, 11) is 1.43. The van der Waals surface area contributed by atoms with Gasteiger partial charge in [0.05, 0.1) is 23.2 Å². The fourth-order valence-electron chi connectivity index (χ4n) is 3.92. The molecule has 0 saturated carbocycles. The summed E-state index contributed by atoms with van der Waals surface area (Å²) in [6, 6.07) is 5.23. The third-order valence-corrected chi connectivity index (χ3v) is 5.36. The SMILES string of the molecule is Cc1cccn2nc([C@@H]3c4nc[nH]c4CCN3C(=O)c3nc(C(F)F)nn3C)cc12. The second-order valence-corrected chi connectivity index (χ2v) is 7.23. The first-order valence-electron chi connectivity index (χ1n) is 9.41. The van der Waals surface area contributed by atoms with Gasteiger partial charge in [0.1, 0.15) is 6.04 Å². The summed E-state index contributed by atoms with van der Waals surface area (Å²) < 4.78 is 28.9. The van der Waals surface area contributed by atoms with Crippen molar-refractivity contribution in [1.82, 2.24) is 39.2 Å². The molecule has 1 N–H and O–H groups in total. The van der Waals surface area contributed by atoms with Gasteiger partial charge >= 0.3 is 0 Å². The molecule has 0 aromatic carbocycles. The van der Waals surface area contributed by atoms with Crippen LogP contribution < -0.4 is 0 Å². The van der Waals surface area contributed by atoms with Crippen molar-refractivity contribution in [1.29, 1.82) is 0 Å². The fraction of sp³-hybridized carbons (Fsp3) is 0.316. The van der Waals surface area contributed by atoms with Crippen LogP contribution in [0.4, 0.5) is 8.78 Å². The summed E-state index contributed by atoms with van der Waals surface area (Å²) in [6.45, 7) is 2.35. The maximum Gasteiger partial charge on any atom is 0.299 e. The second-order valence-electron chi connectivity index (χ2n) is 7.23. The average molecular weight is 412 g/mol. The molecule has 0 unspecified atom stereocenters. The number of halogens is 2. The van der Waals surface area contributed by atoms with Crippen LogP contribution in [0.2, 0.25) is 0 Å². The Balaban J connectivity index is 1.62. The topological polar surface area (TPSA) is 97.0 Å².